The molecule has 1 amide bonds. The van der Waals surface area contributed by atoms with Crippen LogP contribution in [0.2, 0.25) is 0 Å². The number of rotatable bonds is 3. The van der Waals surface area contributed by atoms with Crippen molar-refractivity contribution >= 4 is 27.5 Å². The fraction of sp³-hybridized carbons (Fsp3) is 0. The van der Waals surface area contributed by atoms with Gasteiger partial charge in [-0.3, -0.25) is 4.79 Å². The number of nitrogen functional groups attached to an aromatic ring is 1. The normalized spacial score (nSPS) is 10.2. The Bertz CT molecular complexity index is 633. The number of benzene rings is 1. The van der Waals surface area contributed by atoms with Crippen molar-refractivity contribution in [2.45, 2.75) is 0 Å². The summed E-state index contributed by atoms with van der Waals surface area (Å²) in [5, 5.41) is 7.18. The second kappa shape index (κ2) is 5.19. The third-order valence-electron chi connectivity index (χ3n) is 2.16. The Morgan fingerprint density at radius 2 is 2.05 bits per heavy atom. The third kappa shape index (κ3) is 2.97. The standard InChI is InChI=1S/C11H8BrFN4O2/c12-5-3-7(14)9(4-6(5)13)19-10-2-1-8(11(15)18)16-17-10/h1-4H,14H2,(H2,15,18). The zero-order chi connectivity index (χ0) is 14.0. The molecule has 0 aliphatic heterocycles. The van der Waals surface area contributed by atoms with Crippen LogP contribution in [0.3, 0.4) is 0 Å². The highest BCUT2D eigenvalue weighted by atomic mass is 79.9. The zero-order valence-electron chi connectivity index (χ0n) is 9.43. The molecule has 0 saturated carbocycles. The smallest absolute Gasteiger partial charge is 0.269 e. The van der Waals surface area contributed by atoms with Crippen LogP contribution in [0.5, 0.6) is 11.6 Å². The van der Waals surface area contributed by atoms with E-state index >= 15 is 0 Å². The molecule has 6 nitrogen and oxygen atoms in total. The second-order valence-electron chi connectivity index (χ2n) is 3.53. The summed E-state index contributed by atoms with van der Waals surface area (Å²) in [5.41, 5.74) is 10.9. The maximum Gasteiger partial charge on any atom is 0.269 e. The summed E-state index contributed by atoms with van der Waals surface area (Å²) < 4.78 is 18.8. The van der Waals surface area contributed by atoms with Gasteiger partial charge in [-0.25, -0.2) is 4.39 Å². The minimum atomic E-state index is -0.701. The first-order chi connectivity index (χ1) is 8.97. The van der Waals surface area contributed by atoms with E-state index in [-0.39, 0.29) is 27.5 Å². The number of primary amides is 1. The van der Waals surface area contributed by atoms with Gasteiger partial charge in [0.05, 0.1) is 10.2 Å². The molecule has 98 valence electrons. The minimum Gasteiger partial charge on any atom is -0.435 e. The van der Waals surface area contributed by atoms with E-state index in [1.165, 1.54) is 18.2 Å². The van der Waals surface area contributed by atoms with E-state index < -0.39 is 11.7 Å². The van der Waals surface area contributed by atoms with Crippen LogP contribution in [-0.4, -0.2) is 16.1 Å². The summed E-state index contributed by atoms with van der Waals surface area (Å²) in [5.74, 6) is -1.06. The molecule has 1 aromatic carbocycles. The molecular weight excluding hydrogens is 319 g/mol. The van der Waals surface area contributed by atoms with Gasteiger partial charge in [0, 0.05) is 12.1 Å². The lowest BCUT2D eigenvalue weighted by Crippen LogP contribution is -2.13. The van der Waals surface area contributed by atoms with Gasteiger partial charge in [0.25, 0.3) is 5.91 Å². The second-order valence-corrected chi connectivity index (χ2v) is 4.38. The summed E-state index contributed by atoms with van der Waals surface area (Å²) in [6.45, 7) is 0. The Kier molecular flexibility index (Phi) is 3.61. The van der Waals surface area contributed by atoms with Crippen LogP contribution in [0.25, 0.3) is 0 Å². The van der Waals surface area contributed by atoms with Gasteiger partial charge in [-0.2, -0.15) is 0 Å². The summed E-state index contributed by atoms with van der Waals surface area (Å²) in [6, 6.07) is 5.21. The van der Waals surface area contributed by atoms with Gasteiger partial charge in [0.2, 0.25) is 5.88 Å². The molecule has 0 aliphatic rings. The lowest BCUT2D eigenvalue weighted by atomic mass is 10.3. The van der Waals surface area contributed by atoms with Gasteiger partial charge >= 0.3 is 0 Å². The summed E-state index contributed by atoms with van der Waals surface area (Å²) >= 11 is 3.00. The zero-order valence-corrected chi connectivity index (χ0v) is 11.0. The summed E-state index contributed by atoms with van der Waals surface area (Å²) in [4.78, 5) is 10.8. The molecule has 0 spiro atoms. The van der Waals surface area contributed by atoms with Gasteiger partial charge in [-0.15, -0.1) is 10.2 Å². The van der Waals surface area contributed by atoms with Crippen LogP contribution < -0.4 is 16.2 Å². The van der Waals surface area contributed by atoms with Crippen LogP contribution in [0.15, 0.2) is 28.7 Å². The van der Waals surface area contributed by atoms with Crippen molar-refractivity contribution in [3.05, 3.63) is 40.2 Å². The largest absolute Gasteiger partial charge is 0.435 e. The molecule has 0 unspecified atom stereocenters. The Hall–Kier alpha value is -2.22. The van der Waals surface area contributed by atoms with E-state index in [2.05, 4.69) is 26.1 Å². The predicted molar refractivity (Wildman–Crippen MR) is 69.1 cm³/mol. The SMILES string of the molecule is NC(=O)c1ccc(Oc2cc(F)c(Br)cc2N)nn1. The summed E-state index contributed by atoms with van der Waals surface area (Å²) in [7, 11) is 0. The fourth-order valence-electron chi connectivity index (χ4n) is 1.25. The number of carbonyl (C=O) groups excluding carboxylic acids is 1. The van der Waals surface area contributed by atoms with Gasteiger partial charge in [-0.05, 0) is 28.1 Å². The number of amides is 1. The molecule has 0 atom stereocenters. The van der Waals surface area contributed by atoms with Gasteiger partial charge in [0.15, 0.2) is 11.4 Å². The lowest BCUT2D eigenvalue weighted by molar-refractivity contribution is 0.0994. The van der Waals surface area contributed by atoms with E-state index in [1.54, 1.807) is 0 Å². The van der Waals surface area contributed by atoms with Crippen molar-refractivity contribution in [2.75, 3.05) is 5.73 Å². The van der Waals surface area contributed by atoms with E-state index in [0.29, 0.717) is 0 Å². The molecule has 1 aromatic heterocycles. The van der Waals surface area contributed by atoms with E-state index in [0.717, 1.165) is 6.07 Å². The first kappa shape index (κ1) is 13.2. The Morgan fingerprint density at radius 1 is 1.32 bits per heavy atom. The third-order valence-corrected chi connectivity index (χ3v) is 2.77. The lowest BCUT2D eigenvalue weighted by Gasteiger charge is -2.08. The highest BCUT2D eigenvalue weighted by Crippen LogP contribution is 2.31. The molecule has 1 heterocycles. The van der Waals surface area contributed by atoms with E-state index in [1.807, 2.05) is 0 Å². The molecule has 8 heteroatoms. The molecule has 0 bridgehead atoms. The number of hydrogen-bond acceptors (Lipinski definition) is 5. The van der Waals surface area contributed by atoms with Gasteiger partial charge < -0.3 is 16.2 Å². The van der Waals surface area contributed by atoms with Crippen molar-refractivity contribution in [2.24, 2.45) is 5.73 Å². The minimum absolute atomic E-state index is 0.00214. The monoisotopic (exact) mass is 326 g/mol. The number of aromatic nitrogens is 2. The van der Waals surface area contributed by atoms with Crippen molar-refractivity contribution in [3.63, 3.8) is 0 Å². The van der Waals surface area contributed by atoms with E-state index in [4.69, 9.17) is 16.2 Å². The molecule has 0 radical (unpaired) electrons. The highest BCUT2D eigenvalue weighted by Gasteiger charge is 2.10. The van der Waals surface area contributed by atoms with Crippen LogP contribution in [-0.2, 0) is 0 Å². The van der Waals surface area contributed by atoms with Crippen molar-refractivity contribution < 1.29 is 13.9 Å². The molecule has 0 aliphatic carbocycles. The molecule has 2 aromatic rings. The maximum atomic E-state index is 13.4. The molecule has 0 fully saturated rings. The van der Waals surface area contributed by atoms with Crippen LogP contribution in [0.4, 0.5) is 10.1 Å². The number of hydrogen-bond donors (Lipinski definition) is 2. The first-order valence-electron chi connectivity index (χ1n) is 5.03. The Balaban J connectivity index is 2.26. The average Bonchev–Trinajstić information content (AvgIpc) is 2.36. The summed E-state index contributed by atoms with van der Waals surface area (Å²) in [6.07, 6.45) is 0. The van der Waals surface area contributed by atoms with Crippen LogP contribution in [0.1, 0.15) is 10.5 Å². The number of ether oxygens (including phenoxy) is 1. The topological polar surface area (TPSA) is 104 Å². The quantitative estimate of drug-likeness (QED) is 0.837. The number of carbonyl (C=O) groups is 1. The molecule has 2 rings (SSSR count). The molecule has 0 saturated heterocycles. The van der Waals surface area contributed by atoms with Gasteiger partial charge in [0.1, 0.15) is 5.82 Å². The first-order valence-corrected chi connectivity index (χ1v) is 5.82. The molecular formula is C11H8BrFN4O2. The highest BCUT2D eigenvalue weighted by molar-refractivity contribution is 9.10. The fourth-order valence-corrected chi connectivity index (χ4v) is 1.61. The van der Waals surface area contributed by atoms with Crippen LogP contribution in [0, 0.1) is 5.82 Å². The van der Waals surface area contributed by atoms with Crippen LogP contribution >= 0.6 is 15.9 Å². The van der Waals surface area contributed by atoms with Crippen molar-refractivity contribution in [1.82, 2.24) is 10.2 Å². The Labute approximate surface area is 115 Å². The van der Waals surface area contributed by atoms with Crippen molar-refractivity contribution in [3.8, 4) is 11.6 Å². The molecule has 19 heavy (non-hydrogen) atoms. The number of nitrogens with zero attached hydrogens (tertiary/aromatic N) is 2. The van der Waals surface area contributed by atoms with E-state index in [9.17, 15) is 9.18 Å². The van der Waals surface area contributed by atoms with Crippen molar-refractivity contribution in [1.29, 1.82) is 0 Å². The van der Waals surface area contributed by atoms with Gasteiger partial charge in [-0.1, -0.05) is 0 Å². The maximum absolute atomic E-state index is 13.4. The average molecular weight is 327 g/mol. The number of nitrogens with two attached hydrogens (primary N) is 2. The number of halogens is 2. The Morgan fingerprint density at radius 3 is 2.63 bits per heavy atom. The molecule has 4 N–H and O–H groups in total. The number of anilines is 1. The predicted octanol–water partition coefficient (Wildman–Crippen LogP) is 1.85.